The van der Waals surface area contributed by atoms with Gasteiger partial charge in [-0.3, -0.25) is 9.89 Å². The van der Waals surface area contributed by atoms with Crippen LogP contribution in [0.4, 0.5) is 0 Å². The van der Waals surface area contributed by atoms with Gasteiger partial charge in [0.2, 0.25) is 0 Å². The standard InChI is InChI=1S/C18H32N4S/c1-4-16(22-10-6-7-11-22)14-21-18(19-5-2)20-13-15(3)17-9-8-12-23-17/h8-9,12,15-16H,4-7,10-11,13-14H2,1-3H3,(H2,19,20,21). The topological polar surface area (TPSA) is 39.7 Å². The number of rotatable bonds is 8. The number of hydrogen-bond acceptors (Lipinski definition) is 3. The molecule has 4 nitrogen and oxygen atoms in total. The zero-order valence-corrected chi connectivity index (χ0v) is 15.7. The van der Waals surface area contributed by atoms with E-state index in [-0.39, 0.29) is 0 Å². The van der Waals surface area contributed by atoms with Crippen LogP contribution in [0.2, 0.25) is 0 Å². The Bertz CT molecular complexity index is 452. The Kier molecular flexibility index (Phi) is 7.89. The maximum atomic E-state index is 4.84. The van der Waals surface area contributed by atoms with Gasteiger partial charge in [-0.25, -0.2) is 0 Å². The number of nitrogens with zero attached hydrogens (tertiary/aromatic N) is 2. The number of guanidine groups is 1. The first-order valence-corrected chi connectivity index (χ1v) is 9.92. The molecule has 1 aliphatic heterocycles. The molecular formula is C18H32N4S. The van der Waals surface area contributed by atoms with Gasteiger partial charge >= 0.3 is 0 Å². The molecule has 2 unspecified atom stereocenters. The van der Waals surface area contributed by atoms with Crippen LogP contribution in [-0.4, -0.2) is 49.6 Å². The summed E-state index contributed by atoms with van der Waals surface area (Å²) in [6.45, 7) is 11.9. The fourth-order valence-corrected chi connectivity index (χ4v) is 3.86. The van der Waals surface area contributed by atoms with Crippen LogP contribution in [0.1, 0.15) is 50.8 Å². The zero-order valence-electron chi connectivity index (χ0n) is 14.8. The van der Waals surface area contributed by atoms with Crippen LogP contribution in [0.5, 0.6) is 0 Å². The summed E-state index contributed by atoms with van der Waals surface area (Å²) in [6, 6.07) is 4.92. The van der Waals surface area contributed by atoms with Crippen LogP contribution in [0.3, 0.4) is 0 Å². The molecule has 1 aromatic rings. The first-order valence-electron chi connectivity index (χ1n) is 9.04. The van der Waals surface area contributed by atoms with Gasteiger partial charge in [-0.2, -0.15) is 0 Å². The number of likely N-dealkylation sites (tertiary alicyclic amines) is 1. The van der Waals surface area contributed by atoms with Crippen LogP contribution >= 0.6 is 11.3 Å². The van der Waals surface area contributed by atoms with Gasteiger partial charge in [0.15, 0.2) is 5.96 Å². The molecule has 1 aliphatic rings. The van der Waals surface area contributed by atoms with Gasteiger partial charge in [-0.15, -0.1) is 11.3 Å². The molecule has 2 atom stereocenters. The summed E-state index contributed by atoms with van der Waals surface area (Å²) in [7, 11) is 0. The average Bonchev–Trinajstić information content (AvgIpc) is 3.26. The highest BCUT2D eigenvalue weighted by Crippen LogP contribution is 2.19. The summed E-state index contributed by atoms with van der Waals surface area (Å²) in [5, 5.41) is 9.03. The van der Waals surface area contributed by atoms with E-state index >= 15 is 0 Å². The van der Waals surface area contributed by atoms with Crippen LogP contribution in [0.15, 0.2) is 22.5 Å². The summed E-state index contributed by atoms with van der Waals surface area (Å²) in [5.41, 5.74) is 0. The zero-order chi connectivity index (χ0) is 16.5. The van der Waals surface area contributed by atoms with E-state index in [9.17, 15) is 0 Å². The highest BCUT2D eigenvalue weighted by Gasteiger charge is 2.20. The molecule has 1 aromatic heterocycles. The van der Waals surface area contributed by atoms with Crippen molar-refractivity contribution in [3.8, 4) is 0 Å². The average molecular weight is 337 g/mol. The summed E-state index contributed by atoms with van der Waals surface area (Å²) in [4.78, 5) is 8.86. The van der Waals surface area contributed by atoms with Gasteiger partial charge in [-0.05, 0) is 50.7 Å². The third kappa shape index (κ3) is 5.81. The lowest BCUT2D eigenvalue weighted by atomic mass is 10.1. The molecule has 130 valence electrons. The molecule has 0 saturated carbocycles. The molecule has 2 heterocycles. The Balaban J connectivity index is 1.85. The molecule has 0 aromatic carbocycles. The lowest BCUT2D eigenvalue weighted by Gasteiger charge is -2.25. The minimum atomic E-state index is 0.513. The van der Waals surface area contributed by atoms with E-state index in [0.717, 1.165) is 25.6 Å². The Morgan fingerprint density at radius 3 is 2.70 bits per heavy atom. The maximum Gasteiger partial charge on any atom is 0.191 e. The van der Waals surface area contributed by atoms with E-state index in [2.05, 4.69) is 53.8 Å². The first kappa shape index (κ1) is 18.3. The molecule has 2 rings (SSSR count). The second kappa shape index (κ2) is 9.93. The molecule has 0 aliphatic carbocycles. The smallest absolute Gasteiger partial charge is 0.191 e. The van der Waals surface area contributed by atoms with Crippen molar-refractivity contribution >= 4 is 17.3 Å². The summed E-state index contributed by atoms with van der Waals surface area (Å²) < 4.78 is 0. The lowest BCUT2D eigenvalue weighted by molar-refractivity contribution is 0.242. The fourth-order valence-electron chi connectivity index (χ4n) is 3.07. The number of hydrogen-bond donors (Lipinski definition) is 2. The Hall–Kier alpha value is -1.07. The predicted molar refractivity (Wildman–Crippen MR) is 102 cm³/mol. The van der Waals surface area contributed by atoms with Gasteiger partial charge < -0.3 is 10.6 Å². The molecule has 1 saturated heterocycles. The Labute approximate surface area is 145 Å². The molecule has 1 fully saturated rings. The Morgan fingerprint density at radius 1 is 1.30 bits per heavy atom. The van der Waals surface area contributed by atoms with Crippen molar-refractivity contribution in [1.82, 2.24) is 15.5 Å². The van der Waals surface area contributed by atoms with Gasteiger partial charge in [0.25, 0.3) is 0 Å². The van der Waals surface area contributed by atoms with Crippen LogP contribution < -0.4 is 10.6 Å². The van der Waals surface area contributed by atoms with Gasteiger partial charge in [-0.1, -0.05) is 19.9 Å². The minimum Gasteiger partial charge on any atom is -0.357 e. The normalized spacial score (nSPS) is 18.8. The predicted octanol–water partition coefficient (Wildman–Crippen LogP) is 3.28. The van der Waals surface area contributed by atoms with Crippen molar-refractivity contribution in [3.63, 3.8) is 0 Å². The molecule has 0 amide bonds. The summed E-state index contributed by atoms with van der Waals surface area (Å²) >= 11 is 1.83. The quantitative estimate of drug-likeness (QED) is 0.565. The maximum absolute atomic E-state index is 4.84. The van der Waals surface area contributed by atoms with Gasteiger partial charge in [0.05, 0.1) is 6.54 Å². The second-order valence-corrected chi connectivity index (χ2v) is 7.30. The molecule has 5 heteroatoms. The van der Waals surface area contributed by atoms with E-state index in [4.69, 9.17) is 4.99 Å². The van der Waals surface area contributed by atoms with Crippen molar-refractivity contribution in [1.29, 1.82) is 0 Å². The first-order chi connectivity index (χ1) is 11.2. The molecule has 0 bridgehead atoms. The van der Waals surface area contributed by atoms with Crippen LogP contribution in [0.25, 0.3) is 0 Å². The van der Waals surface area contributed by atoms with Gasteiger partial charge in [0, 0.05) is 29.9 Å². The molecule has 0 radical (unpaired) electrons. The monoisotopic (exact) mass is 336 g/mol. The molecule has 23 heavy (non-hydrogen) atoms. The fraction of sp³-hybridized carbons (Fsp3) is 0.722. The SMILES string of the molecule is CCNC(=NCC(CC)N1CCCC1)NCC(C)c1cccs1. The highest BCUT2D eigenvalue weighted by atomic mass is 32.1. The molecular weight excluding hydrogens is 304 g/mol. The van der Waals surface area contributed by atoms with E-state index in [1.165, 1.54) is 37.2 Å². The highest BCUT2D eigenvalue weighted by molar-refractivity contribution is 7.10. The van der Waals surface area contributed by atoms with Crippen molar-refractivity contribution in [2.24, 2.45) is 4.99 Å². The minimum absolute atomic E-state index is 0.513. The largest absolute Gasteiger partial charge is 0.357 e. The lowest BCUT2D eigenvalue weighted by Crippen LogP contribution is -2.41. The third-order valence-electron chi connectivity index (χ3n) is 4.54. The van der Waals surface area contributed by atoms with Gasteiger partial charge in [0.1, 0.15) is 0 Å². The van der Waals surface area contributed by atoms with E-state index < -0.39 is 0 Å². The Morgan fingerprint density at radius 2 is 2.09 bits per heavy atom. The van der Waals surface area contributed by atoms with E-state index in [1.54, 1.807) is 0 Å². The van der Waals surface area contributed by atoms with Crippen molar-refractivity contribution in [2.75, 3.05) is 32.7 Å². The summed E-state index contributed by atoms with van der Waals surface area (Å²) in [5.74, 6) is 1.47. The number of aliphatic imine (C=N–C) groups is 1. The third-order valence-corrected chi connectivity index (χ3v) is 5.64. The van der Waals surface area contributed by atoms with Crippen LogP contribution in [0, 0.1) is 0 Å². The number of nitrogens with one attached hydrogen (secondary N) is 2. The number of thiophene rings is 1. The van der Waals surface area contributed by atoms with Crippen molar-refractivity contribution in [2.45, 2.75) is 52.0 Å². The molecule has 2 N–H and O–H groups in total. The summed E-state index contributed by atoms with van der Waals surface area (Å²) in [6.07, 6.45) is 3.86. The van der Waals surface area contributed by atoms with Crippen molar-refractivity contribution < 1.29 is 0 Å². The van der Waals surface area contributed by atoms with Crippen LogP contribution in [-0.2, 0) is 0 Å². The van der Waals surface area contributed by atoms with Crippen molar-refractivity contribution in [3.05, 3.63) is 22.4 Å². The molecule has 0 spiro atoms. The van der Waals surface area contributed by atoms with E-state index in [1.807, 2.05) is 11.3 Å². The van der Waals surface area contributed by atoms with E-state index in [0.29, 0.717) is 12.0 Å². The second-order valence-electron chi connectivity index (χ2n) is 6.32.